The molecule has 0 bridgehead atoms. The molecule has 1 N–H and O–H groups in total. The maximum absolute atomic E-state index is 12.2. The lowest BCUT2D eigenvalue weighted by molar-refractivity contribution is 0.0696. The molecule has 0 saturated carbocycles. The number of hydrogen-bond acceptors (Lipinski definition) is 3. The molecule has 0 unspecified atom stereocenters. The number of ketones is 1. The Labute approximate surface area is 122 Å². The lowest BCUT2D eigenvalue weighted by atomic mass is 10.1. The van der Waals surface area contributed by atoms with Crippen LogP contribution in [0.5, 0.6) is 0 Å². The molecule has 2 rings (SSSR count). The molecule has 0 atom stereocenters. The Morgan fingerprint density at radius 2 is 1.81 bits per heavy atom. The van der Waals surface area contributed by atoms with E-state index >= 15 is 0 Å². The number of benzene rings is 1. The van der Waals surface area contributed by atoms with Crippen molar-refractivity contribution in [2.45, 2.75) is 13.8 Å². The van der Waals surface area contributed by atoms with Crippen molar-refractivity contribution >= 4 is 17.8 Å². The van der Waals surface area contributed by atoms with E-state index in [4.69, 9.17) is 5.11 Å². The monoisotopic (exact) mass is 284 g/mol. The number of rotatable bonds is 4. The van der Waals surface area contributed by atoms with E-state index in [0.29, 0.717) is 11.3 Å². The van der Waals surface area contributed by atoms with E-state index in [0.717, 1.165) is 11.3 Å². The third-order valence-corrected chi connectivity index (χ3v) is 3.34. The number of aryl methyl sites for hydroxylation is 2. The summed E-state index contributed by atoms with van der Waals surface area (Å²) in [6.45, 7) is 3.65. The molecule has 1 heterocycles. The maximum Gasteiger partial charge on any atom is 0.335 e. The highest BCUT2D eigenvalue weighted by Crippen LogP contribution is 2.14. The van der Waals surface area contributed by atoms with Gasteiger partial charge in [-0.1, -0.05) is 18.2 Å². The summed E-state index contributed by atoms with van der Waals surface area (Å²) in [4.78, 5) is 23.0. The first-order valence-electron chi connectivity index (χ1n) is 6.46. The first-order chi connectivity index (χ1) is 9.90. The van der Waals surface area contributed by atoms with Gasteiger partial charge >= 0.3 is 5.97 Å². The molecule has 0 saturated heterocycles. The Bertz CT molecular complexity index is 725. The molecule has 21 heavy (non-hydrogen) atoms. The van der Waals surface area contributed by atoms with Crippen LogP contribution in [0.1, 0.15) is 37.7 Å². The van der Waals surface area contributed by atoms with Crippen LogP contribution < -0.4 is 0 Å². The Balaban J connectivity index is 2.20. The molecular weight excluding hydrogens is 268 g/mol. The Morgan fingerprint density at radius 3 is 2.29 bits per heavy atom. The van der Waals surface area contributed by atoms with E-state index in [1.54, 1.807) is 36.9 Å². The predicted octanol–water partition coefficient (Wildman–Crippen LogP) is 2.63. The van der Waals surface area contributed by atoms with Crippen molar-refractivity contribution in [1.82, 2.24) is 9.78 Å². The van der Waals surface area contributed by atoms with E-state index in [1.807, 2.05) is 6.92 Å². The van der Waals surface area contributed by atoms with Crippen LogP contribution in [0.25, 0.3) is 6.08 Å². The number of allylic oxidation sites excluding steroid dienone is 1. The second-order valence-electron chi connectivity index (χ2n) is 4.79. The van der Waals surface area contributed by atoms with Gasteiger partial charge in [-0.3, -0.25) is 9.48 Å². The van der Waals surface area contributed by atoms with E-state index < -0.39 is 5.97 Å². The number of carboxylic acids is 1. The van der Waals surface area contributed by atoms with Crippen molar-refractivity contribution in [1.29, 1.82) is 0 Å². The van der Waals surface area contributed by atoms with Gasteiger partial charge in [0.25, 0.3) is 0 Å². The average Bonchev–Trinajstić information content (AvgIpc) is 2.70. The Kier molecular flexibility index (Phi) is 4.03. The van der Waals surface area contributed by atoms with E-state index in [9.17, 15) is 9.59 Å². The summed E-state index contributed by atoms with van der Waals surface area (Å²) in [5, 5.41) is 13.0. The summed E-state index contributed by atoms with van der Waals surface area (Å²) in [6, 6.07) is 6.34. The minimum atomic E-state index is -0.969. The molecule has 0 amide bonds. The van der Waals surface area contributed by atoms with Crippen LogP contribution in [-0.2, 0) is 7.05 Å². The average molecular weight is 284 g/mol. The number of hydrogen-bond donors (Lipinski definition) is 1. The molecule has 5 nitrogen and oxygen atoms in total. The Morgan fingerprint density at radius 1 is 1.19 bits per heavy atom. The molecule has 0 fully saturated rings. The molecule has 108 valence electrons. The number of aromatic carboxylic acids is 1. The minimum absolute atomic E-state index is 0.111. The summed E-state index contributed by atoms with van der Waals surface area (Å²) < 4.78 is 1.68. The first kappa shape index (κ1) is 14.7. The fraction of sp³-hybridized carbons (Fsp3) is 0.188. The van der Waals surface area contributed by atoms with Gasteiger partial charge in [-0.15, -0.1) is 0 Å². The highest BCUT2D eigenvalue weighted by atomic mass is 16.4. The zero-order chi connectivity index (χ0) is 15.6. The number of carboxylic acid groups (broad SMARTS) is 1. The van der Waals surface area contributed by atoms with Gasteiger partial charge in [-0.25, -0.2) is 4.79 Å². The van der Waals surface area contributed by atoms with Crippen molar-refractivity contribution in [3.05, 3.63) is 58.4 Å². The van der Waals surface area contributed by atoms with Crippen LogP contribution >= 0.6 is 0 Å². The van der Waals surface area contributed by atoms with Crippen molar-refractivity contribution < 1.29 is 14.7 Å². The van der Waals surface area contributed by atoms with E-state index in [2.05, 4.69) is 5.10 Å². The molecule has 0 aliphatic rings. The lowest BCUT2D eigenvalue weighted by Gasteiger charge is -1.98. The molecule has 2 aromatic rings. The molecule has 1 aromatic heterocycles. The van der Waals surface area contributed by atoms with Crippen LogP contribution in [0.2, 0.25) is 0 Å². The normalized spacial score (nSPS) is 11.0. The van der Waals surface area contributed by atoms with Gasteiger partial charge < -0.3 is 5.11 Å². The number of aromatic nitrogens is 2. The number of nitrogens with zero attached hydrogens (tertiary/aromatic N) is 2. The van der Waals surface area contributed by atoms with Crippen LogP contribution in [0.3, 0.4) is 0 Å². The van der Waals surface area contributed by atoms with Crippen LogP contribution in [0.15, 0.2) is 30.3 Å². The second-order valence-corrected chi connectivity index (χ2v) is 4.79. The zero-order valence-electron chi connectivity index (χ0n) is 12.1. The summed E-state index contributed by atoms with van der Waals surface area (Å²) in [6.07, 6.45) is 3.15. The van der Waals surface area contributed by atoms with Gasteiger partial charge in [-0.2, -0.15) is 5.10 Å². The van der Waals surface area contributed by atoms with Gasteiger partial charge in [0.05, 0.1) is 16.8 Å². The van der Waals surface area contributed by atoms with Crippen LogP contribution in [-0.4, -0.2) is 26.6 Å². The number of carbonyl (C=O) groups is 2. The molecule has 0 aliphatic carbocycles. The Hall–Kier alpha value is -2.69. The molecule has 1 aromatic carbocycles. The topological polar surface area (TPSA) is 72.2 Å². The number of carbonyl (C=O) groups excluding carboxylic acids is 1. The fourth-order valence-electron chi connectivity index (χ4n) is 2.12. The molecule has 0 radical (unpaired) electrons. The van der Waals surface area contributed by atoms with Crippen molar-refractivity contribution in [2.24, 2.45) is 7.05 Å². The minimum Gasteiger partial charge on any atom is -0.478 e. The van der Waals surface area contributed by atoms with Crippen LogP contribution in [0.4, 0.5) is 0 Å². The van der Waals surface area contributed by atoms with Crippen LogP contribution in [0, 0.1) is 13.8 Å². The van der Waals surface area contributed by atoms with Crippen molar-refractivity contribution in [3.8, 4) is 0 Å². The summed E-state index contributed by atoms with van der Waals surface area (Å²) >= 11 is 0. The van der Waals surface area contributed by atoms with E-state index in [1.165, 1.54) is 18.2 Å². The maximum atomic E-state index is 12.2. The summed E-state index contributed by atoms with van der Waals surface area (Å²) in [5.74, 6) is -1.08. The third kappa shape index (κ3) is 3.08. The fourth-order valence-corrected chi connectivity index (χ4v) is 2.12. The summed E-state index contributed by atoms with van der Waals surface area (Å²) in [7, 11) is 1.80. The predicted molar refractivity (Wildman–Crippen MR) is 79.4 cm³/mol. The van der Waals surface area contributed by atoms with E-state index in [-0.39, 0.29) is 11.3 Å². The molecule has 0 aliphatic heterocycles. The molecule has 0 spiro atoms. The standard InChI is InChI=1S/C16H16N2O3/c1-10-15(11(2)18(3)17-10)14(19)9-6-12-4-7-13(8-5-12)16(20)21/h4-9H,1-3H3,(H,20,21). The van der Waals surface area contributed by atoms with Crippen molar-refractivity contribution in [3.63, 3.8) is 0 Å². The summed E-state index contributed by atoms with van der Waals surface area (Å²) in [5.41, 5.74) is 3.12. The second kappa shape index (κ2) is 5.75. The lowest BCUT2D eigenvalue weighted by Crippen LogP contribution is -1.99. The van der Waals surface area contributed by atoms with Gasteiger partial charge in [0.15, 0.2) is 5.78 Å². The van der Waals surface area contributed by atoms with Gasteiger partial charge in [0.2, 0.25) is 0 Å². The van der Waals surface area contributed by atoms with Gasteiger partial charge in [-0.05, 0) is 37.6 Å². The van der Waals surface area contributed by atoms with Crippen molar-refractivity contribution in [2.75, 3.05) is 0 Å². The highest BCUT2D eigenvalue weighted by Gasteiger charge is 2.14. The van der Waals surface area contributed by atoms with Gasteiger partial charge in [0, 0.05) is 12.7 Å². The smallest absolute Gasteiger partial charge is 0.335 e. The quantitative estimate of drug-likeness (QED) is 0.692. The first-order valence-corrected chi connectivity index (χ1v) is 6.46. The molecular formula is C16H16N2O3. The third-order valence-electron chi connectivity index (χ3n) is 3.34. The zero-order valence-corrected chi connectivity index (χ0v) is 12.1. The SMILES string of the molecule is Cc1nn(C)c(C)c1C(=O)C=Cc1ccc(C(=O)O)cc1. The highest BCUT2D eigenvalue weighted by molar-refractivity contribution is 6.08. The largest absolute Gasteiger partial charge is 0.478 e. The molecule has 5 heteroatoms. The van der Waals surface area contributed by atoms with Gasteiger partial charge in [0.1, 0.15) is 0 Å².